The fourth-order valence-electron chi connectivity index (χ4n) is 4.30. The number of aromatic nitrogens is 1. The number of pyridine rings is 1. The Bertz CT molecular complexity index is 1320. The van der Waals surface area contributed by atoms with Gasteiger partial charge in [-0.2, -0.15) is 0 Å². The van der Waals surface area contributed by atoms with Crippen LogP contribution < -0.4 is 15.6 Å². The molecule has 4 rings (SSSR count). The van der Waals surface area contributed by atoms with Gasteiger partial charge in [-0.05, 0) is 79.3 Å². The maximum absolute atomic E-state index is 13.6. The van der Waals surface area contributed by atoms with Gasteiger partial charge in [0.05, 0.1) is 7.11 Å². The number of anilines is 1. The number of carbonyl (C=O) groups is 2. The van der Waals surface area contributed by atoms with Gasteiger partial charge in [-0.25, -0.2) is 0 Å². The molecule has 0 fully saturated rings. The number of rotatable bonds is 4. The lowest BCUT2D eigenvalue weighted by atomic mass is 9.75. The van der Waals surface area contributed by atoms with Gasteiger partial charge in [0.1, 0.15) is 11.3 Å². The fourth-order valence-corrected chi connectivity index (χ4v) is 4.30. The van der Waals surface area contributed by atoms with E-state index in [9.17, 15) is 14.4 Å². The number of fused-ring (bicyclic) bond motifs is 1. The van der Waals surface area contributed by atoms with Crippen LogP contribution in [0, 0.1) is 19.3 Å². The van der Waals surface area contributed by atoms with Crippen LogP contribution in [0.4, 0.5) is 5.69 Å². The fraction of sp³-hybridized carbons (Fsp3) is 0.296. The molecule has 2 aromatic carbocycles. The van der Waals surface area contributed by atoms with Gasteiger partial charge < -0.3 is 10.1 Å². The molecule has 0 bridgehead atoms. The number of hydrogen-bond acceptors (Lipinski definition) is 4. The smallest absolute Gasteiger partial charge is 0.268 e. The Morgan fingerprint density at radius 2 is 1.67 bits per heavy atom. The highest BCUT2D eigenvalue weighted by Crippen LogP contribution is 2.35. The van der Waals surface area contributed by atoms with Crippen LogP contribution >= 0.6 is 0 Å². The van der Waals surface area contributed by atoms with E-state index in [2.05, 4.69) is 5.32 Å². The maximum Gasteiger partial charge on any atom is 0.268 e. The highest BCUT2D eigenvalue weighted by Gasteiger charge is 2.35. The zero-order valence-corrected chi connectivity index (χ0v) is 19.6. The van der Waals surface area contributed by atoms with Gasteiger partial charge in [0.25, 0.3) is 11.5 Å². The number of benzene rings is 2. The van der Waals surface area contributed by atoms with Gasteiger partial charge in [0.2, 0.25) is 0 Å². The predicted octanol–water partition coefficient (Wildman–Crippen LogP) is 4.87. The van der Waals surface area contributed by atoms with E-state index in [1.807, 2.05) is 39.8 Å². The number of ether oxygens (including phenoxy) is 1. The number of nitrogens with one attached hydrogen (secondary N) is 1. The van der Waals surface area contributed by atoms with Crippen molar-refractivity contribution >= 4 is 17.4 Å². The molecule has 1 aromatic heterocycles. The summed E-state index contributed by atoms with van der Waals surface area (Å²) in [6, 6.07) is 14.1. The Labute approximate surface area is 193 Å². The molecule has 0 saturated carbocycles. The first-order chi connectivity index (χ1) is 15.6. The predicted molar refractivity (Wildman–Crippen MR) is 129 cm³/mol. The molecule has 0 saturated heterocycles. The quantitative estimate of drug-likeness (QED) is 0.623. The number of amides is 1. The molecule has 170 valence electrons. The number of hydrogen-bond donors (Lipinski definition) is 1. The number of carbonyl (C=O) groups excluding carboxylic acids is 2. The first-order valence-corrected chi connectivity index (χ1v) is 10.9. The topological polar surface area (TPSA) is 77.4 Å². The first kappa shape index (κ1) is 22.5. The molecule has 0 aliphatic heterocycles. The van der Waals surface area contributed by atoms with Crippen molar-refractivity contribution < 1.29 is 14.3 Å². The summed E-state index contributed by atoms with van der Waals surface area (Å²) in [5.74, 6) is 0.0513. The molecule has 1 aliphatic carbocycles. The summed E-state index contributed by atoms with van der Waals surface area (Å²) in [6.07, 6.45) is 0.910. The minimum absolute atomic E-state index is 0.0594. The average molecular weight is 445 g/mol. The van der Waals surface area contributed by atoms with Crippen molar-refractivity contribution in [2.45, 2.75) is 40.5 Å². The zero-order chi connectivity index (χ0) is 23.9. The van der Waals surface area contributed by atoms with E-state index in [1.165, 1.54) is 10.6 Å². The molecule has 0 radical (unpaired) electrons. The molecule has 1 N–H and O–H groups in total. The van der Waals surface area contributed by atoms with Crippen molar-refractivity contribution in [3.05, 3.63) is 86.8 Å². The lowest BCUT2D eigenvalue weighted by Crippen LogP contribution is -2.37. The number of nitrogens with zero attached hydrogens (tertiary/aromatic N) is 1. The summed E-state index contributed by atoms with van der Waals surface area (Å²) < 4.78 is 6.74. The maximum atomic E-state index is 13.6. The molecule has 33 heavy (non-hydrogen) atoms. The lowest BCUT2D eigenvalue weighted by molar-refractivity contribution is 0.0909. The molecule has 0 atom stereocenters. The highest BCUT2D eigenvalue weighted by molar-refractivity contribution is 6.07. The van der Waals surface area contributed by atoms with Gasteiger partial charge >= 0.3 is 0 Å². The molecule has 0 unspecified atom stereocenters. The molecule has 1 heterocycles. The molecule has 3 aromatic rings. The highest BCUT2D eigenvalue weighted by atomic mass is 16.5. The summed E-state index contributed by atoms with van der Waals surface area (Å²) in [7, 11) is 1.57. The second kappa shape index (κ2) is 8.35. The van der Waals surface area contributed by atoms with E-state index in [-0.39, 0.29) is 16.8 Å². The Hall–Kier alpha value is -3.67. The molecule has 6 heteroatoms. The third-order valence-corrected chi connectivity index (χ3v) is 6.23. The van der Waals surface area contributed by atoms with Gasteiger partial charge in [0.15, 0.2) is 5.78 Å². The van der Waals surface area contributed by atoms with Crippen LogP contribution in [-0.4, -0.2) is 23.4 Å². The number of aryl methyl sites for hydroxylation is 2. The Kier molecular flexibility index (Phi) is 5.70. The van der Waals surface area contributed by atoms with Crippen molar-refractivity contribution in [3.63, 3.8) is 0 Å². The summed E-state index contributed by atoms with van der Waals surface area (Å²) in [5, 5.41) is 2.82. The summed E-state index contributed by atoms with van der Waals surface area (Å²) in [6.45, 7) is 7.97. The van der Waals surface area contributed by atoms with Gasteiger partial charge in [-0.15, -0.1) is 0 Å². The van der Waals surface area contributed by atoms with Gasteiger partial charge in [-0.1, -0.05) is 19.9 Å². The van der Waals surface area contributed by atoms with Crippen molar-refractivity contribution in [1.29, 1.82) is 0 Å². The lowest BCUT2D eigenvalue weighted by Gasteiger charge is -2.32. The third kappa shape index (κ3) is 4.33. The standard InChI is InChI=1S/C27H28N2O4/c1-16-6-7-18(12-17(16)2)28-25(31)22-13-21-23(14-27(3,4)15-24(21)30)29(26(22)32)19-8-10-20(33-5)11-9-19/h6-13H,14-15H2,1-5H3,(H,28,31). The van der Waals surface area contributed by atoms with Crippen molar-refractivity contribution in [3.8, 4) is 11.4 Å². The summed E-state index contributed by atoms with van der Waals surface area (Å²) in [4.78, 5) is 39.8. The van der Waals surface area contributed by atoms with E-state index in [0.717, 1.165) is 11.1 Å². The second-order valence-corrected chi connectivity index (χ2v) is 9.45. The van der Waals surface area contributed by atoms with E-state index < -0.39 is 11.5 Å². The van der Waals surface area contributed by atoms with Crippen molar-refractivity contribution in [2.75, 3.05) is 12.4 Å². The third-order valence-electron chi connectivity index (χ3n) is 6.23. The number of methoxy groups -OCH3 is 1. The first-order valence-electron chi connectivity index (χ1n) is 10.9. The summed E-state index contributed by atoms with van der Waals surface area (Å²) >= 11 is 0. The van der Waals surface area contributed by atoms with Gasteiger partial charge in [0, 0.05) is 29.1 Å². The van der Waals surface area contributed by atoms with E-state index in [1.54, 1.807) is 37.4 Å². The van der Waals surface area contributed by atoms with Crippen LogP contribution in [0.2, 0.25) is 0 Å². The Morgan fingerprint density at radius 1 is 0.970 bits per heavy atom. The average Bonchev–Trinajstić information content (AvgIpc) is 2.75. The molecule has 6 nitrogen and oxygen atoms in total. The largest absolute Gasteiger partial charge is 0.497 e. The Balaban J connectivity index is 1.87. The molecule has 1 aliphatic rings. The molecular weight excluding hydrogens is 416 g/mol. The normalized spacial score (nSPS) is 14.5. The van der Waals surface area contributed by atoms with Crippen LogP contribution in [0.3, 0.4) is 0 Å². The van der Waals surface area contributed by atoms with E-state index >= 15 is 0 Å². The summed E-state index contributed by atoms with van der Waals surface area (Å²) in [5.41, 5.74) is 3.59. The van der Waals surface area contributed by atoms with E-state index in [4.69, 9.17) is 4.74 Å². The number of Topliss-reactive ketones (excluding diaryl/α,β-unsaturated/α-hetero) is 1. The zero-order valence-electron chi connectivity index (χ0n) is 19.6. The van der Waals surface area contributed by atoms with Crippen LogP contribution in [0.15, 0.2) is 53.3 Å². The van der Waals surface area contributed by atoms with Crippen LogP contribution in [-0.2, 0) is 6.42 Å². The minimum atomic E-state index is -0.536. The van der Waals surface area contributed by atoms with Crippen LogP contribution in [0.5, 0.6) is 5.75 Å². The Morgan fingerprint density at radius 3 is 2.30 bits per heavy atom. The molecule has 1 amide bonds. The SMILES string of the molecule is COc1ccc(-n2c3c(cc(C(=O)Nc4ccc(C)c(C)c4)c2=O)C(=O)CC(C)(C)C3)cc1. The number of ketones is 1. The van der Waals surface area contributed by atoms with Crippen LogP contribution in [0.1, 0.15) is 57.8 Å². The minimum Gasteiger partial charge on any atom is -0.497 e. The van der Waals surface area contributed by atoms with Gasteiger partial charge in [-0.3, -0.25) is 19.0 Å². The monoisotopic (exact) mass is 444 g/mol. The van der Waals surface area contributed by atoms with Crippen molar-refractivity contribution in [1.82, 2.24) is 4.57 Å². The molecular formula is C27H28N2O4. The van der Waals surface area contributed by atoms with E-state index in [0.29, 0.717) is 41.2 Å². The molecule has 0 spiro atoms. The second-order valence-electron chi connectivity index (χ2n) is 9.45. The van der Waals surface area contributed by atoms with Crippen LogP contribution in [0.25, 0.3) is 5.69 Å². The van der Waals surface area contributed by atoms with Crippen molar-refractivity contribution in [2.24, 2.45) is 5.41 Å².